The van der Waals surface area contributed by atoms with Crippen molar-refractivity contribution in [3.8, 4) is 0 Å². The molecule has 0 radical (unpaired) electrons. The first-order valence-electron chi connectivity index (χ1n) is 5.70. The van der Waals surface area contributed by atoms with Crippen molar-refractivity contribution in [1.82, 2.24) is 4.98 Å². The summed E-state index contributed by atoms with van der Waals surface area (Å²) in [5.41, 5.74) is 2.84. The number of benzene rings is 1. The number of aromatic nitrogens is 1. The molecule has 1 aromatic heterocycles. The highest BCUT2D eigenvalue weighted by atomic mass is 35.5. The molecular formula is C14H15ClN2O. The van der Waals surface area contributed by atoms with Gasteiger partial charge in [-0.15, -0.1) is 0 Å². The standard InChI is InChI=1S/C14H15ClN2O/c1-17(9-11-4-2-3-5-13(11)15)14-6-7-16-8-12(14)10-18/h2-8,18H,9-10H2,1H3. The van der Waals surface area contributed by atoms with Gasteiger partial charge in [0.15, 0.2) is 0 Å². The normalized spacial score (nSPS) is 10.4. The molecule has 1 heterocycles. The Hall–Kier alpha value is -1.58. The molecule has 2 rings (SSSR count). The third-order valence-corrected chi connectivity index (χ3v) is 3.19. The summed E-state index contributed by atoms with van der Waals surface area (Å²) < 4.78 is 0. The van der Waals surface area contributed by atoms with E-state index in [-0.39, 0.29) is 6.61 Å². The van der Waals surface area contributed by atoms with Crippen LogP contribution < -0.4 is 4.90 Å². The van der Waals surface area contributed by atoms with Gasteiger partial charge in [-0.2, -0.15) is 0 Å². The van der Waals surface area contributed by atoms with E-state index in [1.165, 1.54) is 0 Å². The van der Waals surface area contributed by atoms with Crippen LogP contribution in [0.5, 0.6) is 0 Å². The molecule has 0 fully saturated rings. The number of hydrogen-bond acceptors (Lipinski definition) is 3. The van der Waals surface area contributed by atoms with Crippen molar-refractivity contribution >= 4 is 17.3 Å². The molecule has 4 heteroatoms. The fourth-order valence-electron chi connectivity index (χ4n) is 1.88. The first-order chi connectivity index (χ1) is 8.72. The van der Waals surface area contributed by atoms with Gasteiger partial charge in [0.1, 0.15) is 0 Å². The SMILES string of the molecule is CN(Cc1ccccc1Cl)c1ccncc1CO. The summed E-state index contributed by atoms with van der Waals surface area (Å²) in [4.78, 5) is 6.06. The second kappa shape index (κ2) is 5.85. The number of nitrogens with zero attached hydrogens (tertiary/aromatic N) is 2. The van der Waals surface area contributed by atoms with E-state index in [9.17, 15) is 5.11 Å². The number of aliphatic hydroxyl groups excluding tert-OH is 1. The van der Waals surface area contributed by atoms with E-state index < -0.39 is 0 Å². The highest BCUT2D eigenvalue weighted by Crippen LogP contribution is 2.22. The van der Waals surface area contributed by atoms with Crippen molar-refractivity contribution in [3.63, 3.8) is 0 Å². The number of hydrogen-bond donors (Lipinski definition) is 1. The maximum absolute atomic E-state index is 9.30. The maximum Gasteiger partial charge on any atom is 0.0717 e. The molecule has 0 aliphatic rings. The predicted octanol–water partition coefficient (Wildman–Crippen LogP) is 2.86. The molecule has 0 saturated heterocycles. The van der Waals surface area contributed by atoms with Crippen molar-refractivity contribution in [2.75, 3.05) is 11.9 Å². The smallest absolute Gasteiger partial charge is 0.0717 e. The van der Waals surface area contributed by atoms with E-state index in [4.69, 9.17) is 11.6 Å². The Bertz CT molecular complexity index is 531. The lowest BCUT2D eigenvalue weighted by molar-refractivity contribution is 0.281. The zero-order valence-corrected chi connectivity index (χ0v) is 10.9. The van der Waals surface area contributed by atoms with Gasteiger partial charge in [-0.25, -0.2) is 0 Å². The Balaban J connectivity index is 2.22. The summed E-state index contributed by atoms with van der Waals surface area (Å²) in [6.07, 6.45) is 3.40. The molecule has 0 aliphatic heterocycles. The molecule has 1 N–H and O–H groups in total. The first kappa shape index (κ1) is 12.9. The Morgan fingerprint density at radius 2 is 2.00 bits per heavy atom. The number of rotatable bonds is 4. The van der Waals surface area contributed by atoms with Crippen LogP contribution in [0.1, 0.15) is 11.1 Å². The number of aliphatic hydroxyl groups is 1. The van der Waals surface area contributed by atoms with Gasteiger partial charge < -0.3 is 10.0 Å². The van der Waals surface area contributed by atoms with Crippen LogP contribution in [0.25, 0.3) is 0 Å². The van der Waals surface area contributed by atoms with Crippen molar-refractivity contribution < 1.29 is 5.11 Å². The Labute approximate surface area is 112 Å². The molecule has 0 spiro atoms. The van der Waals surface area contributed by atoms with Crippen LogP contribution in [0, 0.1) is 0 Å². The lowest BCUT2D eigenvalue weighted by atomic mass is 10.2. The van der Waals surface area contributed by atoms with Crippen LogP contribution in [0.15, 0.2) is 42.7 Å². The molecule has 0 aliphatic carbocycles. The summed E-state index contributed by atoms with van der Waals surface area (Å²) in [7, 11) is 1.97. The van der Waals surface area contributed by atoms with Crippen molar-refractivity contribution in [2.45, 2.75) is 13.2 Å². The summed E-state index contributed by atoms with van der Waals surface area (Å²) in [6.45, 7) is 0.673. The lowest BCUT2D eigenvalue weighted by Gasteiger charge is -2.22. The molecule has 0 saturated carbocycles. The van der Waals surface area contributed by atoms with Gasteiger partial charge in [0.2, 0.25) is 0 Å². The van der Waals surface area contributed by atoms with Crippen molar-refractivity contribution in [1.29, 1.82) is 0 Å². The van der Waals surface area contributed by atoms with E-state index >= 15 is 0 Å². The van der Waals surface area contributed by atoms with Crippen LogP contribution in [0.3, 0.4) is 0 Å². The fourth-order valence-corrected chi connectivity index (χ4v) is 2.08. The largest absolute Gasteiger partial charge is 0.392 e. The predicted molar refractivity (Wildman–Crippen MR) is 73.7 cm³/mol. The Morgan fingerprint density at radius 1 is 1.22 bits per heavy atom. The minimum Gasteiger partial charge on any atom is -0.392 e. The van der Waals surface area contributed by atoms with Gasteiger partial charge in [0.25, 0.3) is 0 Å². The first-order valence-corrected chi connectivity index (χ1v) is 6.08. The molecule has 2 aromatic rings. The van der Waals surface area contributed by atoms with Gasteiger partial charge in [0.05, 0.1) is 6.61 Å². The average Bonchev–Trinajstić information content (AvgIpc) is 2.41. The van der Waals surface area contributed by atoms with Gasteiger partial charge in [-0.3, -0.25) is 4.98 Å². The minimum atomic E-state index is -0.0178. The molecule has 0 unspecified atom stereocenters. The van der Waals surface area contributed by atoms with Gasteiger partial charge in [-0.05, 0) is 17.7 Å². The summed E-state index contributed by atoms with van der Waals surface area (Å²) in [5, 5.41) is 10.0. The molecule has 18 heavy (non-hydrogen) atoms. The Morgan fingerprint density at radius 3 is 2.72 bits per heavy atom. The molecule has 0 bridgehead atoms. The summed E-state index contributed by atoms with van der Waals surface area (Å²) >= 11 is 6.14. The lowest BCUT2D eigenvalue weighted by Crippen LogP contribution is -2.18. The molecule has 3 nitrogen and oxygen atoms in total. The van der Waals surface area contributed by atoms with Crippen LogP contribution in [0.4, 0.5) is 5.69 Å². The minimum absolute atomic E-state index is 0.0178. The monoisotopic (exact) mass is 262 g/mol. The van der Waals surface area contributed by atoms with E-state index in [1.807, 2.05) is 37.4 Å². The number of halogens is 1. The highest BCUT2D eigenvalue weighted by Gasteiger charge is 2.08. The third kappa shape index (κ3) is 2.81. The number of anilines is 1. The average molecular weight is 263 g/mol. The quantitative estimate of drug-likeness (QED) is 0.921. The number of pyridine rings is 1. The maximum atomic E-state index is 9.30. The van der Waals surface area contributed by atoms with Crippen LogP contribution >= 0.6 is 11.6 Å². The second-order valence-electron chi connectivity index (χ2n) is 4.11. The molecule has 1 aromatic carbocycles. The van der Waals surface area contributed by atoms with E-state index in [2.05, 4.69) is 9.88 Å². The third-order valence-electron chi connectivity index (χ3n) is 2.82. The fraction of sp³-hybridized carbons (Fsp3) is 0.214. The molecule has 0 amide bonds. The van der Waals surface area contributed by atoms with Crippen LogP contribution in [-0.4, -0.2) is 17.1 Å². The topological polar surface area (TPSA) is 36.4 Å². The summed E-state index contributed by atoms with van der Waals surface area (Å²) in [5.74, 6) is 0. The van der Waals surface area contributed by atoms with Crippen molar-refractivity contribution in [2.24, 2.45) is 0 Å². The highest BCUT2D eigenvalue weighted by molar-refractivity contribution is 6.31. The zero-order valence-electron chi connectivity index (χ0n) is 10.2. The van der Waals surface area contributed by atoms with Gasteiger partial charge >= 0.3 is 0 Å². The van der Waals surface area contributed by atoms with Crippen molar-refractivity contribution in [3.05, 3.63) is 58.9 Å². The van der Waals surface area contributed by atoms with Gasteiger partial charge in [0, 0.05) is 42.3 Å². The van der Waals surface area contributed by atoms with Gasteiger partial charge in [-0.1, -0.05) is 29.8 Å². The summed E-state index contributed by atoms with van der Waals surface area (Å²) in [6, 6.07) is 9.65. The molecule has 0 atom stereocenters. The Kier molecular flexibility index (Phi) is 4.18. The van der Waals surface area contributed by atoms with E-state index in [0.717, 1.165) is 21.8 Å². The zero-order chi connectivity index (χ0) is 13.0. The van der Waals surface area contributed by atoms with E-state index in [1.54, 1.807) is 12.4 Å². The molecular weight excluding hydrogens is 248 g/mol. The molecule has 94 valence electrons. The van der Waals surface area contributed by atoms with Crippen LogP contribution in [0.2, 0.25) is 5.02 Å². The van der Waals surface area contributed by atoms with Crippen LogP contribution in [-0.2, 0) is 13.2 Å². The second-order valence-corrected chi connectivity index (χ2v) is 4.52. The van der Waals surface area contributed by atoms with E-state index in [0.29, 0.717) is 6.54 Å².